The van der Waals surface area contributed by atoms with Gasteiger partial charge < -0.3 is 5.32 Å². The summed E-state index contributed by atoms with van der Waals surface area (Å²) < 4.78 is 0. The van der Waals surface area contributed by atoms with Crippen LogP contribution in [-0.2, 0) is 6.54 Å². The van der Waals surface area contributed by atoms with Gasteiger partial charge in [0.05, 0.1) is 6.20 Å². The fourth-order valence-electron chi connectivity index (χ4n) is 3.49. The summed E-state index contributed by atoms with van der Waals surface area (Å²) in [6.45, 7) is 3.22. The second-order valence-corrected chi connectivity index (χ2v) is 6.48. The smallest absolute Gasteiger partial charge is 0.156 e. The first-order valence-corrected chi connectivity index (χ1v) is 8.62. The molecular formula is C20H22N4. The molecule has 0 bridgehead atoms. The fraction of sp³-hybridized carbons (Fsp3) is 0.300. The van der Waals surface area contributed by atoms with Crippen LogP contribution in [0.15, 0.2) is 60.8 Å². The lowest BCUT2D eigenvalue weighted by atomic mass is 10.0. The Morgan fingerprint density at radius 2 is 1.88 bits per heavy atom. The van der Waals surface area contributed by atoms with Crippen molar-refractivity contribution in [3.63, 3.8) is 0 Å². The zero-order chi connectivity index (χ0) is 16.2. The molecule has 24 heavy (non-hydrogen) atoms. The van der Waals surface area contributed by atoms with E-state index >= 15 is 0 Å². The minimum absolute atomic E-state index is 0.419. The van der Waals surface area contributed by atoms with E-state index in [0.29, 0.717) is 6.04 Å². The van der Waals surface area contributed by atoms with Crippen LogP contribution in [0.5, 0.6) is 0 Å². The van der Waals surface area contributed by atoms with Crippen LogP contribution in [0.1, 0.15) is 18.4 Å². The Kier molecular flexibility index (Phi) is 4.38. The Morgan fingerprint density at radius 3 is 2.79 bits per heavy atom. The molecule has 2 aromatic carbocycles. The predicted molar refractivity (Wildman–Crippen MR) is 97.9 cm³/mol. The van der Waals surface area contributed by atoms with Crippen LogP contribution in [0.3, 0.4) is 0 Å². The van der Waals surface area contributed by atoms with Crippen molar-refractivity contribution in [1.29, 1.82) is 0 Å². The zero-order valence-corrected chi connectivity index (χ0v) is 13.7. The lowest BCUT2D eigenvalue weighted by Crippen LogP contribution is -2.41. The first kappa shape index (κ1) is 15.1. The molecule has 0 amide bonds. The molecule has 2 heterocycles. The highest BCUT2D eigenvalue weighted by Crippen LogP contribution is 2.22. The summed E-state index contributed by atoms with van der Waals surface area (Å²) in [6, 6.07) is 19.4. The Morgan fingerprint density at radius 1 is 1.04 bits per heavy atom. The second kappa shape index (κ2) is 6.97. The van der Waals surface area contributed by atoms with Crippen LogP contribution >= 0.6 is 0 Å². The van der Waals surface area contributed by atoms with E-state index < -0.39 is 0 Å². The molecule has 4 rings (SSSR count). The lowest BCUT2D eigenvalue weighted by Gasteiger charge is -2.33. The molecule has 0 spiro atoms. The van der Waals surface area contributed by atoms with Gasteiger partial charge >= 0.3 is 0 Å². The summed E-state index contributed by atoms with van der Waals surface area (Å²) in [4.78, 5) is 2.52. The van der Waals surface area contributed by atoms with Crippen LogP contribution in [0, 0.1) is 0 Å². The van der Waals surface area contributed by atoms with Crippen molar-refractivity contribution >= 4 is 16.6 Å². The van der Waals surface area contributed by atoms with Crippen LogP contribution in [0.4, 0.5) is 5.82 Å². The molecule has 1 atom stereocenters. The van der Waals surface area contributed by atoms with Gasteiger partial charge in [0.1, 0.15) is 0 Å². The molecular weight excluding hydrogens is 296 g/mol. The monoisotopic (exact) mass is 318 g/mol. The second-order valence-electron chi connectivity index (χ2n) is 6.48. The third-order valence-electron chi connectivity index (χ3n) is 4.67. The molecule has 1 fully saturated rings. The van der Waals surface area contributed by atoms with Crippen LogP contribution in [0.2, 0.25) is 0 Å². The third kappa shape index (κ3) is 3.39. The van der Waals surface area contributed by atoms with Crippen molar-refractivity contribution in [3.8, 4) is 0 Å². The number of anilines is 1. The van der Waals surface area contributed by atoms with Crippen molar-refractivity contribution in [1.82, 2.24) is 15.1 Å². The SMILES string of the molecule is c1ccc(CN2CCCC(Nc3nncc4ccccc34)C2)cc1. The topological polar surface area (TPSA) is 41.0 Å². The van der Waals surface area contributed by atoms with Crippen LogP contribution in [0.25, 0.3) is 10.8 Å². The van der Waals surface area contributed by atoms with Gasteiger partial charge in [-0.25, -0.2) is 0 Å². The Hall–Kier alpha value is -2.46. The summed E-state index contributed by atoms with van der Waals surface area (Å²) in [7, 11) is 0. The largest absolute Gasteiger partial charge is 0.364 e. The maximum Gasteiger partial charge on any atom is 0.156 e. The van der Waals surface area contributed by atoms with Crippen molar-refractivity contribution in [2.45, 2.75) is 25.4 Å². The lowest BCUT2D eigenvalue weighted by molar-refractivity contribution is 0.208. The normalized spacial score (nSPS) is 18.6. The third-order valence-corrected chi connectivity index (χ3v) is 4.67. The summed E-state index contributed by atoms with van der Waals surface area (Å²) in [5.74, 6) is 0.902. The molecule has 0 aliphatic carbocycles. The van der Waals surface area contributed by atoms with Gasteiger partial charge in [-0.1, -0.05) is 54.6 Å². The fourth-order valence-corrected chi connectivity index (χ4v) is 3.49. The first-order chi connectivity index (χ1) is 11.9. The van der Waals surface area contributed by atoms with Crippen molar-refractivity contribution in [2.24, 2.45) is 0 Å². The predicted octanol–water partition coefficient (Wildman–Crippen LogP) is 3.71. The highest BCUT2D eigenvalue weighted by atomic mass is 15.2. The number of nitrogens with zero attached hydrogens (tertiary/aromatic N) is 3. The number of aromatic nitrogens is 2. The molecule has 4 heteroatoms. The minimum atomic E-state index is 0.419. The zero-order valence-electron chi connectivity index (χ0n) is 13.7. The van der Waals surface area contributed by atoms with Gasteiger partial charge in [0, 0.05) is 29.9 Å². The molecule has 0 saturated carbocycles. The highest BCUT2D eigenvalue weighted by molar-refractivity contribution is 5.90. The first-order valence-electron chi connectivity index (χ1n) is 8.62. The van der Waals surface area contributed by atoms with Crippen molar-refractivity contribution in [3.05, 3.63) is 66.4 Å². The average Bonchev–Trinajstić information content (AvgIpc) is 2.63. The van der Waals surface area contributed by atoms with Gasteiger partial charge in [-0.2, -0.15) is 5.10 Å². The van der Waals surface area contributed by atoms with Gasteiger partial charge in [-0.15, -0.1) is 5.10 Å². The maximum absolute atomic E-state index is 4.33. The van der Waals surface area contributed by atoms with Gasteiger partial charge in [0.2, 0.25) is 0 Å². The number of fused-ring (bicyclic) bond motifs is 1. The quantitative estimate of drug-likeness (QED) is 0.796. The standard InChI is InChI=1S/C20H22N4/c1-2-7-16(8-3-1)14-24-12-6-10-18(15-24)22-20-19-11-5-4-9-17(19)13-21-23-20/h1-5,7-9,11,13,18H,6,10,12,14-15H2,(H,22,23). The molecule has 122 valence electrons. The van der Waals surface area contributed by atoms with Crippen LogP contribution < -0.4 is 5.32 Å². The number of hydrogen-bond acceptors (Lipinski definition) is 4. The maximum atomic E-state index is 4.33. The Balaban J connectivity index is 1.46. The van der Waals surface area contributed by atoms with E-state index in [4.69, 9.17) is 0 Å². The molecule has 1 aliphatic rings. The Bertz CT molecular complexity index is 798. The molecule has 4 nitrogen and oxygen atoms in total. The van der Waals surface area contributed by atoms with Gasteiger partial charge in [0.25, 0.3) is 0 Å². The summed E-state index contributed by atoms with van der Waals surface area (Å²) in [5, 5.41) is 14.4. The highest BCUT2D eigenvalue weighted by Gasteiger charge is 2.20. The molecule has 1 aromatic heterocycles. The van der Waals surface area contributed by atoms with E-state index in [1.54, 1.807) is 0 Å². The summed E-state index contributed by atoms with van der Waals surface area (Å²) in [6.07, 6.45) is 4.21. The van der Waals surface area contributed by atoms with E-state index in [-0.39, 0.29) is 0 Å². The van der Waals surface area contributed by atoms with E-state index in [9.17, 15) is 0 Å². The number of nitrogens with one attached hydrogen (secondary N) is 1. The molecule has 1 aliphatic heterocycles. The molecule has 3 aromatic rings. The number of rotatable bonds is 4. The average molecular weight is 318 g/mol. The van der Waals surface area contributed by atoms with Crippen molar-refractivity contribution < 1.29 is 0 Å². The van der Waals surface area contributed by atoms with E-state index in [1.807, 2.05) is 12.3 Å². The number of hydrogen-bond donors (Lipinski definition) is 1. The number of piperidine rings is 1. The van der Waals surface area contributed by atoms with E-state index in [0.717, 1.165) is 36.2 Å². The summed E-state index contributed by atoms with van der Waals surface area (Å²) >= 11 is 0. The minimum Gasteiger partial charge on any atom is -0.364 e. The van der Waals surface area contributed by atoms with Gasteiger partial charge in [-0.3, -0.25) is 4.90 Å². The molecule has 0 radical (unpaired) electrons. The van der Waals surface area contributed by atoms with Crippen molar-refractivity contribution in [2.75, 3.05) is 18.4 Å². The van der Waals surface area contributed by atoms with Gasteiger partial charge in [-0.05, 0) is 24.9 Å². The number of benzene rings is 2. The summed E-state index contributed by atoms with van der Waals surface area (Å²) in [5.41, 5.74) is 1.38. The molecule has 1 N–H and O–H groups in total. The van der Waals surface area contributed by atoms with Crippen LogP contribution in [-0.4, -0.2) is 34.2 Å². The number of likely N-dealkylation sites (tertiary alicyclic amines) is 1. The molecule has 1 unspecified atom stereocenters. The van der Waals surface area contributed by atoms with E-state index in [2.05, 4.69) is 68.9 Å². The van der Waals surface area contributed by atoms with Gasteiger partial charge in [0.15, 0.2) is 5.82 Å². The molecule has 1 saturated heterocycles. The Labute approximate surface area is 142 Å². The van der Waals surface area contributed by atoms with E-state index in [1.165, 1.54) is 18.4 Å².